The van der Waals surface area contributed by atoms with Crippen LogP contribution in [0.15, 0.2) is 35.6 Å². The van der Waals surface area contributed by atoms with E-state index in [0.717, 1.165) is 36.6 Å². The van der Waals surface area contributed by atoms with Gasteiger partial charge in [0.2, 0.25) is 5.95 Å². The van der Waals surface area contributed by atoms with E-state index in [1.54, 1.807) is 22.0 Å². The van der Waals surface area contributed by atoms with Crippen LogP contribution >= 0.6 is 0 Å². The van der Waals surface area contributed by atoms with E-state index < -0.39 is 5.60 Å². The molecule has 2 aromatic rings. The minimum atomic E-state index is -0.467. The molecule has 1 aliphatic rings. The summed E-state index contributed by atoms with van der Waals surface area (Å²) in [5, 5.41) is 4.33. The Kier molecular flexibility index (Phi) is 7.17. The highest BCUT2D eigenvalue weighted by atomic mass is 16.6. The summed E-state index contributed by atoms with van der Waals surface area (Å²) < 4.78 is 12.9. The smallest absolute Gasteiger partial charge is 0.410 e. The molecule has 31 heavy (non-hydrogen) atoms. The minimum absolute atomic E-state index is 0.241. The van der Waals surface area contributed by atoms with Crippen molar-refractivity contribution >= 4 is 18.3 Å². The fourth-order valence-corrected chi connectivity index (χ4v) is 3.18. The number of hydrogen-bond acceptors (Lipinski definition) is 7. The highest BCUT2D eigenvalue weighted by Crippen LogP contribution is 2.14. The van der Waals surface area contributed by atoms with Crippen LogP contribution in [0.3, 0.4) is 0 Å². The molecular formula is C22H32N6O3. The third kappa shape index (κ3) is 6.99. The number of amides is 1. The summed E-state index contributed by atoms with van der Waals surface area (Å²) in [7, 11) is 0. The van der Waals surface area contributed by atoms with Crippen molar-refractivity contribution in [1.82, 2.24) is 19.5 Å². The summed E-state index contributed by atoms with van der Waals surface area (Å²) in [5.74, 6) is 1.14. The first-order valence-corrected chi connectivity index (χ1v) is 10.5. The van der Waals surface area contributed by atoms with Gasteiger partial charge in [-0.1, -0.05) is 12.1 Å². The number of ether oxygens (including phenoxy) is 2. The van der Waals surface area contributed by atoms with Gasteiger partial charge in [0, 0.05) is 32.7 Å². The number of carbonyl (C=O) groups excluding carboxylic acids is 1. The summed E-state index contributed by atoms with van der Waals surface area (Å²) in [4.78, 5) is 20.3. The van der Waals surface area contributed by atoms with Gasteiger partial charge < -0.3 is 20.1 Å². The van der Waals surface area contributed by atoms with Crippen LogP contribution in [0.4, 0.5) is 10.7 Å². The Morgan fingerprint density at radius 2 is 2.00 bits per heavy atom. The maximum Gasteiger partial charge on any atom is 0.410 e. The molecule has 1 aromatic carbocycles. The first kappa shape index (κ1) is 22.6. The van der Waals surface area contributed by atoms with Crippen molar-refractivity contribution < 1.29 is 14.3 Å². The van der Waals surface area contributed by atoms with Gasteiger partial charge in [-0.3, -0.25) is 4.90 Å². The van der Waals surface area contributed by atoms with Crippen LogP contribution < -0.4 is 10.5 Å². The number of anilines is 1. The molecular weight excluding hydrogens is 396 g/mol. The Morgan fingerprint density at radius 3 is 2.65 bits per heavy atom. The third-order valence-electron chi connectivity index (χ3n) is 4.72. The summed E-state index contributed by atoms with van der Waals surface area (Å²) in [6.07, 6.45) is 3.25. The van der Waals surface area contributed by atoms with Crippen LogP contribution in [-0.4, -0.2) is 76.7 Å². The van der Waals surface area contributed by atoms with Crippen molar-refractivity contribution in [1.29, 1.82) is 0 Å². The first-order chi connectivity index (χ1) is 14.7. The number of nitrogens with two attached hydrogens (primary N) is 1. The van der Waals surface area contributed by atoms with E-state index >= 15 is 0 Å². The van der Waals surface area contributed by atoms with Crippen LogP contribution in [0.2, 0.25) is 0 Å². The Bertz CT molecular complexity index is 910. The van der Waals surface area contributed by atoms with E-state index in [1.165, 1.54) is 0 Å². The Morgan fingerprint density at radius 1 is 1.26 bits per heavy atom. The first-order valence-electron chi connectivity index (χ1n) is 10.5. The molecule has 1 aromatic heterocycles. The third-order valence-corrected chi connectivity index (χ3v) is 4.72. The number of piperazine rings is 1. The predicted molar refractivity (Wildman–Crippen MR) is 121 cm³/mol. The molecule has 168 valence electrons. The second-order valence-corrected chi connectivity index (χ2v) is 8.56. The van der Waals surface area contributed by atoms with Gasteiger partial charge in [0.15, 0.2) is 0 Å². The molecule has 1 saturated heterocycles. The average Bonchev–Trinajstić information content (AvgIpc) is 3.03. The maximum atomic E-state index is 12.2. The van der Waals surface area contributed by atoms with Crippen molar-refractivity contribution in [3.05, 3.63) is 41.7 Å². The lowest BCUT2D eigenvalue weighted by atomic mass is 10.2. The predicted octanol–water partition coefficient (Wildman–Crippen LogP) is 2.59. The zero-order chi connectivity index (χ0) is 22.4. The van der Waals surface area contributed by atoms with Gasteiger partial charge in [0.25, 0.3) is 0 Å². The molecule has 1 amide bonds. The Balaban J connectivity index is 1.43. The molecule has 2 N–H and O–H groups in total. The van der Waals surface area contributed by atoms with Gasteiger partial charge in [-0.2, -0.15) is 5.10 Å². The lowest BCUT2D eigenvalue weighted by molar-refractivity contribution is 0.0137. The quantitative estimate of drug-likeness (QED) is 0.710. The lowest BCUT2D eigenvalue weighted by Gasteiger charge is -2.35. The number of aryl methyl sites for hydroxylation is 1. The number of aromatic nitrogens is 2. The molecule has 0 unspecified atom stereocenters. The van der Waals surface area contributed by atoms with Crippen LogP contribution in [0, 0.1) is 6.92 Å². The average molecular weight is 429 g/mol. The molecule has 0 spiro atoms. The van der Waals surface area contributed by atoms with E-state index in [0.29, 0.717) is 25.6 Å². The molecule has 9 nitrogen and oxygen atoms in total. The van der Waals surface area contributed by atoms with Gasteiger partial charge in [-0.15, -0.1) is 0 Å². The maximum absolute atomic E-state index is 12.2. The van der Waals surface area contributed by atoms with E-state index in [-0.39, 0.29) is 6.09 Å². The van der Waals surface area contributed by atoms with Gasteiger partial charge in [-0.25, -0.2) is 14.5 Å². The second-order valence-electron chi connectivity index (χ2n) is 8.56. The van der Waals surface area contributed by atoms with E-state index in [4.69, 9.17) is 15.2 Å². The molecule has 1 fully saturated rings. The zero-order valence-electron chi connectivity index (χ0n) is 18.7. The number of hydrogen-bond donors (Lipinski definition) is 1. The van der Waals surface area contributed by atoms with Crippen molar-refractivity contribution in [2.45, 2.75) is 33.3 Å². The number of imidazole rings is 1. The standard InChI is InChI=1S/C22H32N6O3/c1-17-16-28(20(23)25-17)24-15-18-6-5-7-19(14-18)30-13-12-26-8-10-27(11-9-26)21(29)31-22(2,3)4/h5-7,14-16H,8-13H2,1-4H3,(H2,23,25). The number of carbonyl (C=O) groups is 1. The van der Waals surface area contributed by atoms with E-state index in [1.807, 2.05) is 52.0 Å². The monoisotopic (exact) mass is 428 g/mol. The Labute approximate surface area is 183 Å². The molecule has 3 rings (SSSR count). The number of nitrogens with zero attached hydrogens (tertiary/aromatic N) is 5. The number of benzene rings is 1. The molecule has 9 heteroatoms. The van der Waals surface area contributed by atoms with Crippen molar-refractivity contribution in [2.75, 3.05) is 45.1 Å². The molecule has 0 saturated carbocycles. The van der Waals surface area contributed by atoms with Gasteiger partial charge in [0.1, 0.15) is 18.0 Å². The molecule has 1 aliphatic heterocycles. The van der Waals surface area contributed by atoms with E-state index in [2.05, 4.69) is 15.0 Å². The molecule has 0 bridgehead atoms. The van der Waals surface area contributed by atoms with Gasteiger partial charge >= 0.3 is 6.09 Å². The number of nitrogen functional groups attached to an aromatic ring is 1. The molecule has 2 heterocycles. The van der Waals surface area contributed by atoms with E-state index in [9.17, 15) is 4.79 Å². The topological polar surface area (TPSA) is 98.2 Å². The van der Waals surface area contributed by atoms with Crippen LogP contribution in [0.1, 0.15) is 32.0 Å². The highest BCUT2D eigenvalue weighted by molar-refractivity contribution is 5.80. The number of rotatable bonds is 6. The normalized spacial score (nSPS) is 15.4. The molecule has 0 atom stereocenters. The second kappa shape index (κ2) is 9.82. The van der Waals surface area contributed by atoms with Crippen LogP contribution in [0.25, 0.3) is 0 Å². The molecule has 0 aliphatic carbocycles. The largest absolute Gasteiger partial charge is 0.492 e. The summed E-state index contributed by atoms with van der Waals surface area (Å²) in [5.41, 5.74) is 7.07. The van der Waals surface area contributed by atoms with Gasteiger partial charge in [0.05, 0.1) is 18.1 Å². The zero-order valence-corrected chi connectivity index (χ0v) is 18.7. The van der Waals surface area contributed by atoms with Crippen LogP contribution in [-0.2, 0) is 4.74 Å². The lowest BCUT2D eigenvalue weighted by Crippen LogP contribution is -2.50. The van der Waals surface area contributed by atoms with Gasteiger partial charge in [-0.05, 0) is 45.4 Å². The summed E-state index contributed by atoms with van der Waals surface area (Å²) >= 11 is 0. The fourth-order valence-electron chi connectivity index (χ4n) is 3.18. The highest BCUT2D eigenvalue weighted by Gasteiger charge is 2.25. The minimum Gasteiger partial charge on any atom is -0.492 e. The van der Waals surface area contributed by atoms with Crippen molar-refractivity contribution in [2.24, 2.45) is 5.10 Å². The summed E-state index contributed by atoms with van der Waals surface area (Å²) in [6.45, 7) is 11.8. The Hall–Kier alpha value is -3.07. The van der Waals surface area contributed by atoms with Crippen molar-refractivity contribution in [3.63, 3.8) is 0 Å². The molecule has 0 radical (unpaired) electrons. The van der Waals surface area contributed by atoms with Crippen LogP contribution in [0.5, 0.6) is 5.75 Å². The fraction of sp³-hybridized carbons (Fsp3) is 0.500. The van der Waals surface area contributed by atoms with Crippen molar-refractivity contribution in [3.8, 4) is 5.75 Å². The summed E-state index contributed by atoms with van der Waals surface area (Å²) in [6, 6.07) is 7.74. The SMILES string of the molecule is Cc1cn(N=Cc2cccc(OCCN3CCN(C(=O)OC(C)(C)C)CC3)c2)c(N)n1.